The fourth-order valence-electron chi connectivity index (χ4n) is 4.62. The van der Waals surface area contributed by atoms with E-state index in [-0.39, 0.29) is 17.4 Å². The van der Waals surface area contributed by atoms with E-state index in [0.717, 1.165) is 19.2 Å². The summed E-state index contributed by atoms with van der Waals surface area (Å²) in [5.74, 6) is -0.616. The van der Waals surface area contributed by atoms with Gasteiger partial charge in [-0.2, -0.15) is 13.2 Å². The average Bonchev–Trinajstić information content (AvgIpc) is 3.38. The minimum atomic E-state index is -4.62. The van der Waals surface area contributed by atoms with Crippen molar-refractivity contribution in [3.05, 3.63) is 35.9 Å². The Morgan fingerprint density at radius 2 is 2.07 bits per heavy atom. The predicted molar refractivity (Wildman–Crippen MR) is 98.5 cm³/mol. The van der Waals surface area contributed by atoms with Crippen molar-refractivity contribution >= 4 is 21.8 Å². The third kappa shape index (κ3) is 2.95. The number of hydrogen-bond donors (Lipinski definition) is 0. The first-order valence-corrected chi connectivity index (χ1v) is 9.44. The van der Waals surface area contributed by atoms with Crippen molar-refractivity contribution in [3.63, 3.8) is 0 Å². The van der Waals surface area contributed by atoms with E-state index in [9.17, 15) is 17.6 Å². The lowest BCUT2D eigenvalue weighted by Crippen LogP contribution is -2.38. The Kier molecular flexibility index (Phi) is 4.22. The molecule has 0 N–H and O–H groups in total. The number of halogens is 4. The number of aromatic nitrogens is 2. The normalized spacial score (nSPS) is 22.2. The molecule has 2 bridgehead atoms. The maximum absolute atomic E-state index is 14.3. The highest BCUT2D eigenvalue weighted by molar-refractivity contribution is 6.09. The highest BCUT2D eigenvalue weighted by Gasteiger charge is 2.39. The molecule has 0 amide bonds. The number of morpholine rings is 1. The summed E-state index contributed by atoms with van der Waals surface area (Å²) in [5, 5.41) is 0.743. The van der Waals surface area contributed by atoms with Crippen LogP contribution in [-0.4, -0.2) is 53.4 Å². The van der Waals surface area contributed by atoms with Gasteiger partial charge in [0.2, 0.25) is 0 Å². The first kappa shape index (κ1) is 18.6. The highest BCUT2D eigenvalue weighted by atomic mass is 19.4. The van der Waals surface area contributed by atoms with Crippen LogP contribution in [0.4, 0.5) is 17.6 Å². The van der Waals surface area contributed by atoms with Crippen LogP contribution in [-0.2, 0) is 17.5 Å². The van der Waals surface area contributed by atoms with Gasteiger partial charge in [-0.05, 0) is 18.6 Å². The molecule has 2 fully saturated rings. The van der Waals surface area contributed by atoms with Crippen LogP contribution in [0.15, 0.2) is 24.4 Å². The summed E-state index contributed by atoms with van der Waals surface area (Å²) >= 11 is 0. The van der Waals surface area contributed by atoms with Gasteiger partial charge in [0, 0.05) is 48.7 Å². The van der Waals surface area contributed by atoms with Crippen LogP contribution in [0.3, 0.4) is 0 Å². The largest absolute Gasteiger partial charge is 0.494 e. The van der Waals surface area contributed by atoms with Gasteiger partial charge in [0.1, 0.15) is 0 Å². The maximum Gasteiger partial charge on any atom is 0.435 e. The number of rotatable bonds is 4. The van der Waals surface area contributed by atoms with Crippen molar-refractivity contribution in [3.8, 4) is 5.75 Å². The molecular weight excluding hydrogens is 390 g/mol. The van der Waals surface area contributed by atoms with Gasteiger partial charge >= 0.3 is 6.18 Å². The molecule has 0 aliphatic carbocycles. The molecule has 0 radical (unpaired) electrons. The molecule has 2 atom stereocenters. The number of methoxy groups -OCH3 is 1. The van der Waals surface area contributed by atoms with Gasteiger partial charge in [0.15, 0.2) is 17.3 Å². The number of pyridine rings is 1. The summed E-state index contributed by atoms with van der Waals surface area (Å²) in [5.41, 5.74) is -0.488. The summed E-state index contributed by atoms with van der Waals surface area (Å²) in [6.07, 6.45) is -2.33. The van der Waals surface area contributed by atoms with E-state index < -0.39 is 17.7 Å². The second-order valence-electron chi connectivity index (χ2n) is 7.55. The van der Waals surface area contributed by atoms with Gasteiger partial charge in [-0.1, -0.05) is 0 Å². The number of hydrogen-bond acceptors (Lipinski definition) is 4. The van der Waals surface area contributed by atoms with Crippen LogP contribution < -0.4 is 4.74 Å². The van der Waals surface area contributed by atoms with E-state index in [1.165, 1.54) is 25.3 Å². The van der Waals surface area contributed by atoms with Crippen LogP contribution in [0.5, 0.6) is 5.75 Å². The molecule has 2 aromatic heterocycles. The minimum absolute atomic E-state index is 0.00305. The van der Waals surface area contributed by atoms with Gasteiger partial charge in [-0.15, -0.1) is 0 Å². The lowest BCUT2D eigenvalue weighted by atomic mass is 10.1. The average molecular weight is 409 g/mol. The molecule has 5 nitrogen and oxygen atoms in total. The highest BCUT2D eigenvalue weighted by Crippen LogP contribution is 2.39. The lowest BCUT2D eigenvalue weighted by molar-refractivity contribution is -0.140. The van der Waals surface area contributed by atoms with E-state index in [2.05, 4.69) is 9.88 Å². The molecule has 2 unspecified atom stereocenters. The van der Waals surface area contributed by atoms with Gasteiger partial charge < -0.3 is 14.0 Å². The third-order valence-electron chi connectivity index (χ3n) is 5.94. The molecular formula is C20H19F4N3O2. The number of fused-ring (bicyclic) bond motifs is 5. The molecule has 9 heteroatoms. The van der Waals surface area contributed by atoms with Crippen LogP contribution in [0.2, 0.25) is 0 Å². The van der Waals surface area contributed by atoms with Crippen molar-refractivity contribution in [2.75, 3.05) is 26.8 Å². The Morgan fingerprint density at radius 1 is 1.24 bits per heavy atom. The van der Waals surface area contributed by atoms with E-state index in [1.54, 1.807) is 4.57 Å². The topological polar surface area (TPSA) is 39.5 Å². The van der Waals surface area contributed by atoms with Crippen molar-refractivity contribution in [2.24, 2.45) is 0 Å². The Hall–Kier alpha value is -2.39. The van der Waals surface area contributed by atoms with Crippen molar-refractivity contribution < 1.29 is 27.0 Å². The first-order chi connectivity index (χ1) is 13.9. The number of likely N-dealkylation sites (tertiary alicyclic amines) is 1. The second kappa shape index (κ2) is 6.56. The fourth-order valence-corrected chi connectivity index (χ4v) is 4.62. The molecule has 154 valence electrons. The lowest BCUT2D eigenvalue weighted by Gasteiger charge is -2.27. The number of benzene rings is 1. The zero-order valence-electron chi connectivity index (χ0n) is 15.7. The fraction of sp³-hybridized carbons (Fsp3) is 0.450. The number of alkyl halides is 3. The molecule has 2 saturated heterocycles. The zero-order chi connectivity index (χ0) is 20.3. The van der Waals surface area contributed by atoms with Crippen LogP contribution in [0.1, 0.15) is 12.1 Å². The first-order valence-electron chi connectivity index (χ1n) is 9.44. The van der Waals surface area contributed by atoms with Crippen LogP contribution in [0.25, 0.3) is 21.8 Å². The van der Waals surface area contributed by atoms with E-state index >= 15 is 0 Å². The van der Waals surface area contributed by atoms with E-state index in [4.69, 9.17) is 9.47 Å². The quantitative estimate of drug-likeness (QED) is 0.614. The Balaban J connectivity index is 1.67. The summed E-state index contributed by atoms with van der Waals surface area (Å²) in [6.45, 7) is 2.35. The smallest absolute Gasteiger partial charge is 0.435 e. The predicted octanol–water partition coefficient (Wildman–Crippen LogP) is 3.83. The number of ether oxygens (including phenoxy) is 2. The second-order valence-corrected chi connectivity index (χ2v) is 7.55. The molecule has 0 spiro atoms. The SMILES string of the molecule is COc1cc2c(cc1F)c1ccnc(C(F)(F)F)c1n2CCN1CC2CC1CO2. The maximum atomic E-state index is 14.3. The number of nitrogens with zero attached hydrogens (tertiary/aromatic N) is 3. The van der Waals surface area contributed by atoms with Gasteiger partial charge in [-0.3, -0.25) is 4.90 Å². The summed E-state index contributed by atoms with van der Waals surface area (Å²) in [7, 11) is 1.33. The molecule has 2 aliphatic heterocycles. The molecule has 5 rings (SSSR count). The molecule has 4 heterocycles. The third-order valence-corrected chi connectivity index (χ3v) is 5.94. The van der Waals surface area contributed by atoms with E-state index in [0.29, 0.717) is 42.0 Å². The standard InChI is InChI=1S/C20H19F4N3O2/c1-28-17-8-16-14(7-15(17)21)13-2-3-25-19(20(22,23)24)18(13)27(16)5-4-26-9-12-6-11(26)10-29-12/h2-3,7-8,11-12H,4-6,9-10H2,1H3. The zero-order valence-corrected chi connectivity index (χ0v) is 15.7. The minimum Gasteiger partial charge on any atom is -0.494 e. The van der Waals surface area contributed by atoms with Gasteiger partial charge in [-0.25, -0.2) is 9.37 Å². The van der Waals surface area contributed by atoms with E-state index in [1.807, 2.05) is 0 Å². The van der Waals surface area contributed by atoms with Crippen molar-refractivity contribution in [1.82, 2.24) is 14.5 Å². The molecule has 1 aromatic carbocycles. The molecule has 3 aromatic rings. The van der Waals surface area contributed by atoms with Crippen LogP contribution >= 0.6 is 0 Å². The molecule has 2 aliphatic rings. The van der Waals surface area contributed by atoms with Crippen LogP contribution in [0, 0.1) is 5.82 Å². The van der Waals surface area contributed by atoms with Gasteiger partial charge in [0.05, 0.1) is 30.9 Å². The Labute approximate surface area is 163 Å². The van der Waals surface area contributed by atoms with Crippen molar-refractivity contribution in [1.29, 1.82) is 0 Å². The molecule has 0 saturated carbocycles. The summed E-state index contributed by atoms with van der Waals surface area (Å²) in [6, 6.07) is 4.50. The van der Waals surface area contributed by atoms with Crippen molar-refractivity contribution in [2.45, 2.75) is 31.3 Å². The Bertz CT molecular complexity index is 1090. The molecule has 29 heavy (non-hydrogen) atoms. The Morgan fingerprint density at radius 3 is 2.72 bits per heavy atom. The van der Waals surface area contributed by atoms with Gasteiger partial charge in [0.25, 0.3) is 0 Å². The summed E-state index contributed by atoms with van der Waals surface area (Å²) in [4.78, 5) is 5.86. The summed E-state index contributed by atoms with van der Waals surface area (Å²) < 4.78 is 67.7. The monoisotopic (exact) mass is 409 g/mol.